The number of nitrogens with zero attached hydrogens (tertiary/aromatic N) is 1. The maximum absolute atomic E-state index is 12.1. The van der Waals surface area contributed by atoms with Gasteiger partial charge in [0.15, 0.2) is 0 Å². The van der Waals surface area contributed by atoms with E-state index in [0.29, 0.717) is 17.9 Å². The molecule has 3 aromatic carbocycles. The number of amides is 1. The molecule has 1 amide bonds. The number of ether oxygens (including phenoxy) is 1. The number of carbonyl (C=O) groups is 1. The Hall–Kier alpha value is -2.64. The molecule has 0 saturated carbocycles. The maximum Gasteiger partial charge on any atom is 0.273 e. The Labute approximate surface area is 179 Å². The first-order valence-electron chi connectivity index (χ1n) is 8.37. The van der Waals surface area contributed by atoms with E-state index in [-0.39, 0.29) is 5.91 Å². The fraction of sp³-hybridized carbons (Fsp3) is 0.0476. The van der Waals surface area contributed by atoms with Crippen LogP contribution >= 0.6 is 31.9 Å². The number of hydrogen-bond donors (Lipinski definition) is 2. The van der Waals surface area contributed by atoms with Crippen molar-refractivity contribution in [3.05, 3.63) is 92.4 Å². The maximum atomic E-state index is 12.1. The van der Waals surface area contributed by atoms with Crippen LogP contribution in [0.15, 0.2) is 80.8 Å². The molecule has 28 heavy (non-hydrogen) atoms. The van der Waals surface area contributed by atoms with Gasteiger partial charge in [-0.25, -0.2) is 5.43 Å². The normalized spacial score (nSPS) is 10.8. The zero-order chi connectivity index (χ0) is 19.9. The lowest BCUT2D eigenvalue weighted by atomic mass is 10.2. The summed E-state index contributed by atoms with van der Waals surface area (Å²) in [5.74, 6) is 0.365. The van der Waals surface area contributed by atoms with E-state index in [1.165, 1.54) is 0 Å². The number of benzene rings is 3. The average molecular weight is 503 g/mol. The molecule has 3 rings (SSSR count). The molecule has 5 nitrogen and oxygen atoms in total. The van der Waals surface area contributed by atoms with Gasteiger partial charge in [-0.05, 0) is 69.5 Å². The third-order valence-electron chi connectivity index (χ3n) is 3.85. The minimum absolute atomic E-state index is 0.358. The van der Waals surface area contributed by atoms with Crippen molar-refractivity contribution in [1.82, 2.24) is 5.43 Å². The van der Waals surface area contributed by atoms with E-state index in [0.717, 1.165) is 25.8 Å². The molecule has 0 aliphatic heterocycles. The monoisotopic (exact) mass is 501 g/mol. The predicted molar refractivity (Wildman–Crippen MR) is 119 cm³/mol. The second-order valence-electron chi connectivity index (χ2n) is 5.89. The summed E-state index contributed by atoms with van der Waals surface area (Å²) in [5, 5.41) is 3.99. The van der Waals surface area contributed by atoms with Crippen molar-refractivity contribution in [3.63, 3.8) is 0 Å². The summed E-state index contributed by atoms with van der Waals surface area (Å²) in [5.41, 5.74) is 10.9. The Bertz CT molecular complexity index is 1000. The fourth-order valence-corrected chi connectivity index (χ4v) is 3.16. The van der Waals surface area contributed by atoms with E-state index in [1.54, 1.807) is 30.5 Å². The lowest BCUT2D eigenvalue weighted by molar-refractivity contribution is 0.0956. The highest BCUT2D eigenvalue weighted by molar-refractivity contribution is 9.10. The standard InChI is InChI=1S/C21H17Br2N3O2/c22-16-8-5-14(6-9-16)13-28-20-10-7-15(11-18(20)23)12-25-26-21(27)17-3-1-2-4-19(17)24/h1-12H,13,24H2,(H,26,27)/b25-12-. The molecule has 3 aromatic rings. The van der Waals surface area contributed by atoms with Crippen molar-refractivity contribution in [2.24, 2.45) is 5.10 Å². The van der Waals surface area contributed by atoms with Crippen LogP contribution in [0.25, 0.3) is 0 Å². The summed E-state index contributed by atoms with van der Waals surface area (Å²) in [6, 6.07) is 20.4. The molecule has 3 N–H and O–H groups in total. The Balaban J connectivity index is 1.59. The van der Waals surface area contributed by atoms with Crippen LogP contribution in [0, 0.1) is 0 Å². The van der Waals surface area contributed by atoms with E-state index in [2.05, 4.69) is 42.4 Å². The molecule has 7 heteroatoms. The van der Waals surface area contributed by atoms with Gasteiger partial charge >= 0.3 is 0 Å². The first-order chi connectivity index (χ1) is 13.5. The highest BCUT2D eigenvalue weighted by Gasteiger charge is 2.07. The molecule has 0 fully saturated rings. The van der Waals surface area contributed by atoms with Gasteiger partial charge in [-0.1, -0.05) is 40.2 Å². The topological polar surface area (TPSA) is 76.7 Å². The molecular weight excluding hydrogens is 486 g/mol. The lowest BCUT2D eigenvalue weighted by Crippen LogP contribution is -2.18. The predicted octanol–water partition coefficient (Wildman–Crippen LogP) is 5.14. The van der Waals surface area contributed by atoms with Crippen LogP contribution < -0.4 is 15.9 Å². The zero-order valence-corrected chi connectivity index (χ0v) is 17.9. The second-order valence-corrected chi connectivity index (χ2v) is 7.66. The number of hydrogen-bond acceptors (Lipinski definition) is 4. The molecule has 0 bridgehead atoms. The summed E-state index contributed by atoms with van der Waals surface area (Å²) >= 11 is 6.92. The van der Waals surface area contributed by atoms with Gasteiger partial charge in [-0.2, -0.15) is 5.10 Å². The molecule has 0 aliphatic rings. The fourth-order valence-electron chi connectivity index (χ4n) is 2.39. The van der Waals surface area contributed by atoms with E-state index in [4.69, 9.17) is 10.5 Å². The van der Waals surface area contributed by atoms with E-state index < -0.39 is 0 Å². The Kier molecular flexibility index (Phi) is 6.84. The Morgan fingerprint density at radius 2 is 1.82 bits per heavy atom. The summed E-state index contributed by atoms with van der Waals surface area (Å²) in [7, 11) is 0. The van der Waals surface area contributed by atoms with Gasteiger partial charge in [-0.3, -0.25) is 4.79 Å². The quantitative estimate of drug-likeness (QED) is 0.278. The average Bonchev–Trinajstić information content (AvgIpc) is 2.69. The molecule has 0 saturated heterocycles. The number of nitrogens with two attached hydrogens (primary N) is 1. The van der Waals surface area contributed by atoms with Crippen LogP contribution in [0.1, 0.15) is 21.5 Å². The number of anilines is 1. The lowest BCUT2D eigenvalue weighted by Gasteiger charge is -2.09. The number of rotatable bonds is 6. The summed E-state index contributed by atoms with van der Waals surface area (Å²) in [6.45, 7) is 0.466. The minimum atomic E-state index is -0.358. The van der Waals surface area contributed by atoms with E-state index in [9.17, 15) is 4.79 Å². The van der Waals surface area contributed by atoms with Crippen LogP contribution in [0.4, 0.5) is 5.69 Å². The highest BCUT2D eigenvalue weighted by Crippen LogP contribution is 2.26. The number of para-hydroxylation sites is 1. The Morgan fingerprint density at radius 3 is 2.54 bits per heavy atom. The first-order valence-corrected chi connectivity index (χ1v) is 9.96. The molecule has 0 atom stereocenters. The van der Waals surface area contributed by atoms with Crippen molar-refractivity contribution in [3.8, 4) is 5.75 Å². The van der Waals surface area contributed by atoms with Crippen molar-refractivity contribution in [1.29, 1.82) is 0 Å². The van der Waals surface area contributed by atoms with Gasteiger partial charge in [0, 0.05) is 10.2 Å². The highest BCUT2D eigenvalue weighted by atomic mass is 79.9. The number of halogens is 2. The van der Waals surface area contributed by atoms with E-state index >= 15 is 0 Å². The molecule has 0 unspecified atom stereocenters. The van der Waals surface area contributed by atoms with Crippen molar-refractivity contribution >= 4 is 49.7 Å². The van der Waals surface area contributed by atoms with Crippen molar-refractivity contribution < 1.29 is 9.53 Å². The smallest absolute Gasteiger partial charge is 0.273 e. The van der Waals surface area contributed by atoms with Gasteiger partial charge < -0.3 is 10.5 Å². The molecule has 142 valence electrons. The van der Waals surface area contributed by atoms with Gasteiger partial charge in [0.2, 0.25) is 0 Å². The molecule has 0 heterocycles. The molecule has 0 aliphatic carbocycles. The largest absolute Gasteiger partial charge is 0.488 e. The van der Waals surface area contributed by atoms with Crippen molar-refractivity contribution in [2.45, 2.75) is 6.61 Å². The molecule has 0 spiro atoms. The zero-order valence-electron chi connectivity index (χ0n) is 14.7. The van der Waals surface area contributed by atoms with Crippen LogP contribution in [0.5, 0.6) is 5.75 Å². The van der Waals surface area contributed by atoms with Gasteiger partial charge in [-0.15, -0.1) is 0 Å². The SMILES string of the molecule is Nc1ccccc1C(=O)N/N=C\c1ccc(OCc2ccc(Br)cc2)c(Br)c1. The van der Waals surface area contributed by atoms with Crippen molar-refractivity contribution in [2.75, 3.05) is 5.73 Å². The van der Waals surface area contributed by atoms with Crippen LogP contribution in [-0.2, 0) is 6.61 Å². The number of carbonyl (C=O) groups excluding carboxylic acids is 1. The molecule has 0 radical (unpaired) electrons. The summed E-state index contributed by atoms with van der Waals surface area (Å²) in [6.07, 6.45) is 1.56. The second kappa shape index (κ2) is 9.52. The number of hydrazone groups is 1. The van der Waals surface area contributed by atoms with Gasteiger partial charge in [0.25, 0.3) is 5.91 Å². The van der Waals surface area contributed by atoms with Crippen LogP contribution in [-0.4, -0.2) is 12.1 Å². The van der Waals surface area contributed by atoms with Crippen LogP contribution in [0.3, 0.4) is 0 Å². The molecule has 0 aromatic heterocycles. The molecular formula is C21H17Br2N3O2. The number of nitrogen functional groups attached to an aromatic ring is 1. The first kappa shape index (κ1) is 20.1. The van der Waals surface area contributed by atoms with Gasteiger partial charge in [0.1, 0.15) is 12.4 Å². The minimum Gasteiger partial charge on any atom is -0.488 e. The third kappa shape index (κ3) is 5.43. The van der Waals surface area contributed by atoms with Crippen LogP contribution in [0.2, 0.25) is 0 Å². The van der Waals surface area contributed by atoms with E-state index in [1.807, 2.05) is 42.5 Å². The Morgan fingerprint density at radius 1 is 1.07 bits per heavy atom. The summed E-state index contributed by atoms with van der Waals surface area (Å²) < 4.78 is 7.67. The summed E-state index contributed by atoms with van der Waals surface area (Å²) in [4.78, 5) is 12.1. The van der Waals surface area contributed by atoms with Gasteiger partial charge in [0.05, 0.1) is 16.3 Å². The number of nitrogens with one attached hydrogen (secondary N) is 1. The third-order valence-corrected chi connectivity index (χ3v) is 5.00.